The van der Waals surface area contributed by atoms with Crippen molar-refractivity contribution in [1.82, 2.24) is 9.88 Å². The molecule has 104 valence electrons. The predicted octanol–water partition coefficient (Wildman–Crippen LogP) is 0.613. The Bertz CT molecular complexity index is 474. The second kappa shape index (κ2) is 5.91. The Morgan fingerprint density at radius 2 is 2.11 bits per heavy atom. The highest BCUT2D eigenvalue weighted by Gasteiger charge is 2.25. The van der Waals surface area contributed by atoms with E-state index in [0.717, 1.165) is 6.42 Å². The molecule has 0 aliphatic carbocycles. The minimum absolute atomic E-state index is 0.0214. The number of rotatable bonds is 3. The molecule has 1 aliphatic heterocycles. The van der Waals surface area contributed by atoms with Gasteiger partial charge >= 0.3 is 0 Å². The number of pyridine rings is 1. The lowest BCUT2D eigenvalue weighted by Gasteiger charge is -2.34. The lowest BCUT2D eigenvalue weighted by Crippen LogP contribution is -2.51. The van der Waals surface area contributed by atoms with Crippen LogP contribution in [-0.2, 0) is 6.54 Å². The van der Waals surface area contributed by atoms with Crippen LogP contribution in [-0.4, -0.2) is 40.0 Å². The topological polar surface area (TPSA) is 111 Å². The molecule has 19 heavy (non-hydrogen) atoms. The molecule has 2 rings (SSSR count). The molecule has 0 bridgehead atoms. The van der Waals surface area contributed by atoms with Crippen LogP contribution < -0.4 is 11.5 Å². The van der Waals surface area contributed by atoms with Crippen molar-refractivity contribution in [2.24, 2.45) is 11.5 Å². The van der Waals surface area contributed by atoms with E-state index < -0.39 is 4.92 Å². The number of hydrogen-bond donors (Lipinski definition) is 2. The average molecular weight is 330 g/mol. The summed E-state index contributed by atoms with van der Waals surface area (Å²) < 4.78 is 0.582. The maximum Gasteiger partial charge on any atom is 0.292 e. The van der Waals surface area contributed by atoms with Gasteiger partial charge in [0, 0.05) is 37.3 Å². The highest BCUT2D eigenvalue weighted by molar-refractivity contribution is 9.10. The molecule has 1 saturated heterocycles. The summed E-state index contributed by atoms with van der Waals surface area (Å²) in [6.07, 6.45) is 2.06. The van der Waals surface area contributed by atoms with Gasteiger partial charge in [0.1, 0.15) is 10.8 Å². The Labute approximate surface area is 119 Å². The fourth-order valence-corrected chi connectivity index (χ4v) is 2.78. The number of nitro groups is 1. The minimum atomic E-state index is -0.418. The molecular formula is C11H16BrN5O2. The van der Waals surface area contributed by atoms with E-state index in [2.05, 4.69) is 20.9 Å². The first-order chi connectivity index (χ1) is 8.95. The first kappa shape index (κ1) is 14.3. The zero-order valence-electron chi connectivity index (χ0n) is 10.3. The zero-order valence-corrected chi connectivity index (χ0v) is 11.9. The third kappa shape index (κ3) is 3.69. The van der Waals surface area contributed by atoms with Gasteiger partial charge in [-0.15, -0.1) is 0 Å². The number of halogens is 1. The average Bonchev–Trinajstić information content (AvgIpc) is 2.26. The van der Waals surface area contributed by atoms with Crippen molar-refractivity contribution in [3.05, 3.63) is 32.5 Å². The molecule has 4 N–H and O–H groups in total. The van der Waals surface area contributed by atoms with Crippen LogP contribution in [0.4, 0.5) is 5.69 Å². The van der Waals surface area contributed by atoms with Crippen molar-refractivity contribution < 1.29 is 4.92 Å². The fraction of sp³-hybridized carbons (Fsp3) is 0.545. The molecule has 2 unspecified atom stereocenters. The Balaban J connectivity index is 2.18. The molecule has 8 heteroatoms. The van der Waals surface area contributed by atoms with Gasteiger partial charge in [0.05, 0.1) is 4.92 Å². The summed E-state index contributed by atoms with van der Waals surface area (Å²) in [5, 5.41) is 11.0. The lowest BCUT2D eigenvalue weighted by molar-refractivity contribution is -0.386. The van der Waals surface area contributed by atoms with Crippen molar-refractivity contribution in [3.8, 4) is 0 Å². The van der Waals surface area contributed by atoms with Gasteiger partial charge in [0.15, 0.2) is 0 Å². The van der Waals surface area contributed by atoms with E-state index in [1.807, 2.05) is 4.90 Å². The molecule has 0 radical (unpaired) electrons. The summed E-state index contributed by atoms with van der Waals surface area (Å²) in [6.45, 7) is 1.86. The molecule has 1 aliphatic rings. The third-order valence-electron chi connectivity index (χ3n) is 3.11. The molecule has 0 spiro atoms. The van der Waals surface area contributed by atoms with Crippen molar-refractivity contribution in [3.63, 3.8) is 0 Å². The molecule has 1 fully saturated rings. The van der Waals surface area contributed by atoms with Crippen LogP contribution in [0.15, 0.2) is 16.9 Å². The molecule has 0 saturated carbocycles. The van der Waals surface area contributed by atoms with Gasteiger partial charge in [0.25, 0.3) is 5.69 Å². The summed E-state index contributed by atoms with van der Waals surface area (Å²) in [5.41, 5.74) is 12.5. The standard InChI is InChI=1S/C11H16BrN5O2/c12-11-1-7(10(3-15-11)17(18)19)4-16-5-8(13)2-9(14)6-16/h1,3,8-9H,2,4-6,13-14H2. The molecule has 0 aromatic carbocycles. The Morgan fingerprint density at radius 1 is 1.47 bits per heavy atom. The molecule has 1 aromatic rings. The summed E-state index contributed by atoms with van der Waals surface area (Å²) in [6, 6.07) is 1.71. The fourth-order valence-electron chi connectivity index (χ4n) is 2.40. The van der Waals surface area contributed by atoms with Gasteiger partial charge in [-0.1, -0.05) is 0 Å². The van der Waals surface area contributed by atoms with Crippen LogP contribution >= 0.6 is 15.9 Å². The summed E-state index contributed by atoms with van der Waals surface area (Å²) in [4.78, 5) is 16.5. The normalized spacial score (nSPS) is 24.4. The Hall–Kier alpha value is -1.09. The third-order valence-corrected chi connectivity index (χ3v) is 3.55. The van der Waals surface area contributed by atoms with Crippen molar-refractivity contribution >= 4 is 21.6 Å². The number of aromatic nitrogens is 1. The number of likely N-dealkylation sites (tertiary alicyclic amines) is 1. The smallest absolute Gasteiger partial charge is 0.292 e. The number of piperidine rings is 1. The van der Waals surface area contributed by atoms with Gasteiger partial charge in [0.2, 0.25) is 0 Å². The summed E-state index contributed by atoms with van der Waals surface area (Å²) in [7, 11) is 0. The van der Waals surface area contributed by atoms with Crippen molar-refractivity contribution in [1.29, 1.82) is 0 Å². The lowest BCUT2D eigenvalue weighted by atomic mass is 10.0. The van der Waals surface area contributed by atoms with Gasteiger partial charge in [-0.3, -0.25) is 15.0 Å². The van der Waals surface area contributed by atoms with Gasteiger partial charge in [-0.05, 0) is 28.4 Å². The first-order valence-corrected chi connectivity index (χ1v) is 6.77. The van der Waals surface area contributed by atoms with Crippen LogP contribution in [0.5, 0.6) is 0 Å². The second-order valence-electron chi connectivity index (χ2n) is 4.84. The van der Waals surface area contributed by atoms with Gasteiger partial charge in [-0.2, -0.15) is 0 Å². The molecule has 0 amide bonds. The van der Waals surface area contributed by atoms with Crippen LogP contribution in [0.2, 0.25) is 0 Å². The monoisotopic (exact) mass is 329 g/mol. The van der Waals surface area contributed by atoms with Gasteiger partial charge < -0.3 is 11.5 Å². The quantitative estimate of drug-likeness (QED) is 0.477. The molecule has 2 atom stereocenters. The zero-order chi connectivity index (χ0) is 14.0. The second-order valence-corrected chi connectivity index (χ2v) is 5.66. The van der Waals surface area contributed by atoms with E-state index in [-0.39, 0.29) is 17.8 Å². The number of nitrogens with zero attached hydrogens (tertiary/aromatic N) is 3. The van der Waals surface area contributed by atoms with E-state index in [4.69, 9.17) is 11.5 Å². The minimum Gasteiger partial charge on any atom is -0.326 e. The highest BCUT2D eigenvalue weighted by Crippen LogP contribution is 2.23. The summed E-state index contributed by atoms with van der Waals surface area (Å²) in [5.74, 6) is 0. The largest absolute Gasteiger partial charge is 0.326 e. The van der Waals surface area contributed by atoms with Crippen molar-refractivity contribution in [2.75, 3.05) is 13.1 Å². The predicted molar refractivity (Wildman–Crippen MR) is 74.4 cm³/mol. The van der Waals surface area contributed by atoms with Crippen LogP contribution in [0.25, 0.3) is 0 Å². The maximum absolute atomic E-state index is 11.0. The summed E-state index contributed by atoms with van der Waals surface area (Å²) >= 11 is 3.23. The van der Waals surface area contributed by atoms with Crippen LogP contribution in [0.3, 0.4) is 0 Å². The van der Waals surface area contributed by atoms with E-state index in [9.17, 15) is 10.1 Å². The Morgan fingerprint density at radius 3 is 2.68 bits per heavy atom. The number of nitrogens with two attached hydrogens (primary N) is 2. The van der Waals surface area contributed by atoms with E-state index in [0.29, 0.717) is 29.8 Å². The molecular weight excluding hydrogens is 314 g/mol. The Kier molecular flexibility index (Phi) is 4.46. The first-order valence-electron chi connectivity index (χ1n) is 5.98. The number of hydrogen-bond acceptors (Lipinski definition) is 6. The van der Waals surface area contributed by atoms with E-state index in [1.165, 1.54) is 6.20 Å². The molecule has 7 nitrogen and oxygen atoms in total. The van der Waals surface area contributed by atoms with E-state index >= 15 is 0 Å². The maximum atomic E-state index is 11.0. The molecule has 2 heterocycles. The van der Waals surface area contributed by atoms with Crippen LogP contribution in [0.1, 0.15) is 12.0 Å². The van der Waals surface area contributed by atoms with Gasteiger partial charge in [-0.25, -0.2) is 4.98 Å². The van der Waals surface area contributed by atoms with Crippen molar-refractivity contribution in [2.45, 2.75) is 25.0 Å². The highest BCUT2D eigenvalue weighted by atomic mass is 79.9. The SMILES string of the molecule is NC1CC(N)CN(Cc2cc(Br)ncc2[N+](=O)[O-])C1. The van der Waals surface area contributed by atoms with E-state index in [1.54, 1.807) is 6.07 Å². The molecule has 1 aromatic heterocycles. The van der Waals surface area contributed by atoms with Crippen LogP contribution in [0, 0.1) is 10.1 Å².